The number of ether oxygens (including phenoxy) is 1. The van der Waals surface area contributed by atoms with E-state index in [1.807, 2.05) is 0 Å². The largest absolute Gasteiger partial charge is 1.00 e. The number of hydrogen-bond donors (Lipinski definition) is 0. The first-order valence-electron chi connectivity index (χ1n) is 3.07. The molecular formula is C5H7BF3KO. The number of hydrogen-bond acceptors (Lipinski definition) is 1. The van der Waals surface area contributed by atoms with E-state index in [1.165, 1.54) is 6.08 Å². The van der Waals surface area contributed by atoms with E-state index in [9.17, 15) is 12.9 Å². The maximum Gasteiger partial charge on any atom is 1.00 e. The monoisotopic (exact) mass is 190 g/mol. The Labute approximate surface area is 106 Å². The van der Waals surface area contributed by atoms with Crippen LogP contribution in [0.5, 0.6) is 0 Å². The summed E-state index contributed by atoms with van der Waals surface area (Å²) >= 11 is 0. The van der Waals surface area contributed by atoms with Gasteiger partial charge in [0.25, 0.3) is 0 Å². The summed E-state index contributed by atoms with van der Waals surface area (Å²) in [6.07, 6.45) is 1.60. The Morgan fingerprint density at radius 2 is 2.00 bits per heavy atom. The molecule has 0 fully saturated rings. The minimum Gasteiger partial charge on any atom is -0.445 e. The Bertz CT molecular complexity index is 156. The zero-order chi connectivity index (χ0) is 7.61. The van der Waals surface area contributed by atoms with Crippen LogP contribution in [-0.4, -0.2) is 20.2 Å². The molecule has 6 heteroatoms. The molecule has 0 aromatic carbocycles. The average Bonchev–Trinajstić information content (AvgIpc) is 1.88. The smallest absolute Gasteiger partial charge is 0.445 e. The molecule has 0 amide bonds. The van der Waals surface area contributed by atoms with Crippen LogP contribution in [0.1, 0.15) is 6.42 Å². The second kappa shape index (κ2) is 5.04. The van der Waals surface area contributed by atoms with Gasteiger partial charge in [-0.25, -0.2) is 0 Å². The van der Waals surface area contributed by atoms with Crippen molar-refractivity contribution in [3.05, 3.63) is 11.5 Å². The van der Waals surface area contributed by atoms with Gasteiger partial charge in [0.1, 0.15) is 0 Å². The van der Waals surface area contributed by atoms with E-state index >= 15 is 0 Å². The Hall–Kier alpha value is 1.19. The first-order valence-corrected chi connectivity index (χ1v) is 3.07. The van der Waals surface area contributed by atoms with Gasteiger partial charge in [-0.15, -0.1) is 11.5 Å². The minimum atomic E-state index is -4.79. The average molecular weight is 190 g/mol. The van der Waals surface area contributed by atoms with Crippen LogP contribution in [0.25, 0.3) is 0 Å². The molecule has 0 saturated heterocycles. The van der Waals surface area contributed by atoms with Gasteiger partial charge in [0.15, 0.2) is 0 Å². The van der Waals surface area contributed by atoms with E-state index in [2.05, 4.69) is 4.74 Å². The van der Waals surface area contributed by atoms with Crippen LogP contribution in [0.15, 0.2) is 11.5 Å². The van der Waals surface area contributed by atoms with Crippen molar-refractivity contribution in [2.45, 2.75) is 6.42 Å². The predicted molar refractivity (Wildman–Crippen MR) is 32.6 cm³/mol. The molecule has 0 spiro atoms. The van der Waals surface area contributed by atoms with Crippen molar-refractivity contribution in [2.75, 3.05) is 13.2 Å². The second-order valence-electron chi connectivity index (χ2n) is 2.20. The summed E-state index contributed by atoms with van der Waals surface area (Å²) in [5, 5.41) is 0. The maximum atomic E-state index is 11.9. The van der Waals surface area contributed by atoms with Gasteiger partial charge in [-0.1, -0.05) is 0 Å². The van der Waals surface area contributed by atoms with Crippen molar-refractivity contribution >= 4 is 6.98 Å². The molecule has 0 N–H and O–H groups in total. The maximum absolute atomic E-state index is 11.9. The zero-order valence-electron chi connectivity index (χ0n) is 6.32. The third-order valence-corrected chi connectivity index (χ3v) is 1.36. The van der Waals surface area contributed by atoms with Gasteiger partial charge in [-0.05, 0) is 6.42 Å². The summed E-state index contributed by atoms with van der Waals surface area (Å²) < 4.78 is 40.2. The second-order valence-corrected chi connectivity index (χ2v) is 2.20. The Morgan fingerprint density at radius 1 is 1.36 bits per heavy atom. The van der Waals surface area contributed by atoms with E-state index < -0.39 is 12.4 Å². The molecule has 1 aliphatic heterocycles. The van der Waals surface area contributed by atoms with Crippen LogP contribution in [-0.2, 0) is 4.74 Å². The fourth-order valence-electron chi connectivity index (χ4n) is 0.805. The van der Waals surface area contributed by atoms with Gasteiger partial charge in [-0.3, -0.25) is 0 Å². The molecular weight excluding hydrogens is 183 g/mol. The first-order chi connectivity index (χ1) is 4.61. The molecule has 0 unspecified atom stereocenters. The van der Waals surface area contributed by atoms with Gasteiger partial charge >= 0.3 is 58.4 Å². The summed E-state index contributed by atoms with van der Waals surface area (Å²) in [6, 6.07) is 0. The van der Waals surface area contributed by atoms with Crippen LogP contribution >= 0.6 is 0 Å². The van der Waals surface area contributed by atoms with Crippen LogP contribution < -0.4 is 51.4 Å². The van der Waals surface area contributed by atoms with Gasteiger partial charge in [0.2, 0.25) is 0 Å². The zero-order valence-corrected chi connectivity index (χ0v) is 9.44. The van der Waals surface area contributed by atoms with Crippen LogP contribution in [0.2, 0.25) is 0 Å². The molecule has 0 aliphatic carbocycles. The Morgan fingerprint density at radius 3 is 2.27 bits per heavy atom. The fourth-order valence-corrected chi connectivity index (χ4v) is 0.805. The summed E-state index contributed by atoms with van der Waals surface area (Å²) in [6.45, 7) is -4.64. The molecule has 0 atom stereocenters. The van der Waals surface area contributed by atoms with Crippen molar-refractivity contribution in [1.82, 2.24) is 0 Å². The van der Waals surface area contributed by atoms with Crippen LogP contribution in [0.3, 0.4) is 0 Å². The molecule has 0 aromatic rings. The molecule has 0 bridgehead atoms. The Balaban J connectivity index is 0.000001000. The molecule has 58 valence electrons. The van der Waals surface area contributed by atoms with Crippen LogP contribution in [0, 0.1) is 0 Å². The topological polar surface area (TPSA) is 9.23 Å². The number of rotatable bonds is 1. The normalized spacial score (nSPS) is 18.6. The van der Waals surface area contributed by atoms with E-state index in [0.29, 0.717) is 13.0 Å². The van der Waals surface area contributed by atoms with E-state index in [4.69, 9.17) is 0 Å². The molecule has 11 heavy (non-hydrogen) atoms. The molecule has 0 saturated carbocycles. The molecule has 0 aromatic heterocycles. The van der Waals surface area contributed by atoms with Crippen molar-refractivity contribution in [3.63, 3.8) is 0 Å². The van der Waals surface area contributed by atoms with Crippen LogP contribution in [0.4, 0.5) is 12.9 Å². The summed E-state index contributed by atoms with van der Waals surface area (Å²) in [7, 11) is 0. The number of halogens is 3. The fraction of sp³-hybridized carbons (Fsp3) is 0.600. The molecule has 1 rings (SSSR count). The Kier molecular flexibility index (Phi) is 5.58. The minimum absolute atomic E-state index is 0. The molecule has 1 heterocycles. The molecule has 0 radical (unpaired) electrons. The van der Waals surface area contributed by atoms with Crippen molar-refractivity contribution < 1.29 is 69.1 Å². The molecule has 1 nitrogen and oxygen atoms in total. The quantitative estimate of drug-likeness (QED) is 0.468. The SMILES string of the molecule is F[B-](F)(F)C1=CCCOC1.[K+]. The van der Waals surface area contributed by atoms with Gasteiger partial charge in [0, 0.05) is 6.61 Å². The summed E-state index contributed by atoms with van der Waals surface area (Å²) in [4.78, 5) is 0. The van der Waals surface area contributed by atoms with E-state index in [0.717, 1.165) is 0 Å². The van der Waals surface area contributed by atoms with Crippen molar-refractivity contribution in [1.29, 1.82) is 0 Å². The van der Waals surface area contributed by atoms with Crippen molar-refractivity contribution in [3.8, 4) is 0 Å². The van der Waals surface area contributed by atoms with E-state index in [1.54, 1.807) is 0 Å². The summed E-state index contributed by atoms with van der Waals surface area (Å²) in [5.74, 6) is 0. The third kappa shape index (κ3) is 4.10. The van der Waals surface area contributed by atoms with E-state index in [-0.39, 0.29) is 58.0 Å². The standard InChI is InChI=1S/C5H7BF3O.K/c7-6(8,9)5-2-1-3-10-4-5;/h2H,1,3-4H2;/q-1;+1. The summed E-state index contributed by atoms with van der Waals surface area (Å²) in [5.41, 5.74) is -0.494. The first kappa shape index (κ1) is 12.2. The molecule has 1 aliphatic rings. The van der Waals surface area contributed by atoms with Crippen molar-refractivity contribution in [2.24, 2.45) is 0 Å². The van der Waals surface area contributed by atoms with Gasteiger partial charge in [0.05, 0.1) is 6.61 Å². The van der Waals surface area contributed by atoms with Gasteiger partial charge < -0.3 is 17.7 Å². The van der Waals surface area contributed by atoms with Gasteiger partial charge in [-0.2, -0.15) is 0 Å². The predicted octanol–water partition coefficient (Wildman–Crippen LogP) is -1.28. The third-order valence-electron chi connectivity index (χ3n) is 1.36.